The van der Waals surface area contributed by atoms with Gasteiger partial charge in [0, 0.05) is 11.1 Å². The van der Waals surface area contributed by atoms with Crippen LogP contribution in [0.25, 0.3) is 0 Å². The molecule has 4 heteroatoms. The highest BCUT2D eigenvalue weighted by molar-refractivity contribution is 7.10. The van der Waals surface area contributed by atoms with Crippen LogP contribution in [0.4, 0.5) is 0 Å². The Morgan fingerprint density at radius 2 is 2.31 bits per heavy atom. The second-order valence-electron chi connectivity index (χ2n) is 2.80. The number of aliphatic hydroxyl groups is 1. The molecule has 13 heavy (non-hydrogen) atoms. The molecule has 0 saturated heterocycles. The lowest BCUT2D eigenvalue weighted by molar-refractivity contribution is 0.224. The van der Waals surface area contributed by atoms with Crippen molar-refractivity contribution in [3.63, 3.8) is 0 Å². The Kier molecular flexibility index (Phi) is 2.44. The summed E-state index contributed by atoms with van der Waals surface area (Å²) in [7, 11) is 0. The molecule has 0 bridgehead atoms. The van der Waals surface area contributed by atoms with Crippen molar-refractivity contribution in [3.8, 4) is 0 Å². The molecule has 1 atom stereocenters. The van der Waals surface area contributed by atoms with E-state index in [4.69, 9.17) is 0 Å². The van der Waals surface area contributed by atoms with Gasteiger partial charge in [-0.15, -0.1) is 22.7 Å². The molecule has 0 spiro atoms. The van der Waals surface area contributed by atoms with Gasteiger partial charge in [-0.1, -0.05) is 0 Å². The minimum absolute atomic E-state index is 0.502. The van der Waals surface area contributed by atoms with E-state index < -0.39 is 6.10 Å². The van der Waals surface area contributed by atoms with Crippen molar-refractivity contribution in [1.29, 1.82) is 0 Å². The Morgan fingerprint density at radius 1 is 1.46 bits per heavy atom. The molecule has 2 rings (SSSR count). The van der Waals surface area contributed by atoms with E-state index in [1.54, 1.807) is 23.0 Å². The first-order valence-electron chi connectivity index (χ1n) is 3.89. The number of aryl methyl sites for hydroxylation is 1. The number of aromatic nitrogens is 1. The summed E-state index contributed by atoms with van der Waals surface area (Å²) in [5.41, 5.74) is 2.70. The highest BCUT2D eigenvalue weighted by Crippen LogP contribution is 2.27. The third-order valence-electron chi connectivity index (χ3n) is 1.79. The lowest BCUT2D eigenvalue weighted by atomic mass is 10.2. The SMILES string of the molecule is Cc1cc(C(O)c2cncs2)cs1. The molecule has 0 amide bonds. The lowest BCUT2D eigenvalue weighted by Crippen LogP contribution is -1.94. The van der Waals surface area contributed by atoms with Crippen LogP contribution < -0.4 is 0 Å². The predicted octanol–water partition coefficient (Wildman–Crippen LogP) is 2.59. The molecule has 0 aliphatic carbocycles. The smallest absolute Gasteiger partial charge is 0.116 e. The number of rotatable bonds is 2. The van der Waals surface area contributed by atoms with Crippen molar-refractivity contribution < 1.29 is 5.11 Å². The average Bonchev–Trinajstić information content (AvgIpc) is 2.72. The maximum absolute atomic E-state index is 9.87. The van der Waals surface area contributed by atoms with Crippen molar-refractivity contribution >= 4 is 22.7 Å². The zero-order valence-corrected chi connectivity index (χ0v) is 8.73. The van der Waals surface area contributed by atoms with Crippen LogP contribution in [0.15, 0.2) is 23.2 Å². The summed E-state index contributed by atoms with van der Waals surface area (Å²) in [6, 6.07) is 2.01. The Hall–Kier alpha value is -0.710. The van der Waals surface area contributed by atoms with Crippen molar-refractivity contribution in [2.24, 2.45) is 0 Å². The predicted molar refractivity (Wildman–Crippen MR) is 55.2 cm³/mol. The molecule has 0 aliphatic rings. The van der Waals surface area contributed by atoms with E-state index in [0.29, 0.717) is 0 Å². The molecule has 0 aromatic carbocycles. The highest BCUT2D eigenvalue weighted by Gasteiger charge is 2.12. The number of thiophene rings is 1. The van der Waals surface area contributed by atoms with Crippen LogP contribution in [0.1, 0.15) is 21.4 Å². The van der Waals surface area contributed by atoms with E-state index in [9.17, 15) is 5.11 Å². The van der Waals surface area contributed by atoms with Gasteiger partial charge in [-0.05, 0) is 23.9 Å². The van der Waals surface area contributed by atoms with E-state index in [2.05, 4.69) is 4.98 Å². The molecule has 0 fully saturated rings. The van der Waals surface area contributed by atoms with E-state index in [-0.39, 0.29) is 0 Å². The molecule has 68 valence electrons. The Labute approximate surface area is 84.5 Å². The van der Waals surface area contributed by atoms with Crippen molar-refractivity contribution in [2.45, 2.75) is 13.0 Å². The van der Waals surface area contributed by atoms with Gasteiger partial charge >= 0.3 is 0 Å². The summed E-state index contributed by atoms with van der Waals surface area (Å²) >= 11 is 3.13. The first-order chi connectivity index (χ1) is 6.27. The van der Waals surface area contributed by atoms with Crippen LogP contribution >= 0.6 is 22.7 Å². The fourth-order valence-corrected chi connectivity index (χ4v) is 2.49. The molecule has 2 aromatic heterocycles. The average molecular weight is 211 g/mol. The normalized spacial score (nSPS) is 13.1. The number of hydrogen-bond acceptors (Lipinski definition) is 4. The second kappa shape index (κ2) is 3.57. The second-order valence-corrected chi connectivity index (χ2v) is 4.83. The molecule has 2 heterocycles. The number of hydrogen-bond donors (Lipinski definition) is 1. The zero-order valence-electron chi connectivity index (χ0n) is 7.10. The minimum Gasteiger partial charge on any atom is -0.383 e. The van der Waals surface area contributed by atoms with Crippen LogP contribution in [0, 0.1) is 6.92 Å². The van der Waals surface area contributed by atoms with Crippen molar-refractivity contribution in [1.82, 2.24) is 4.98 Å². The van der Waals surface area contributed by atoms with E-state index in [1.165, 1.54) is 16.2 Å². The summed E-state index contributed by atoms with van der Waals surface area (Å²) in [5, 5.41) is 11.9. The molecule has 0 aliphatic heterocycles. The van der Waals surface area contributed by atoms with Gasteiger partial charge in [0.2, 0.25) is 0 Å². The third kappa shape index (κ3) is 1.80. The number of aliphatic hydroxyl groups excluding tert-OH is 1. The van der Waals surface area contributed by atoms with Gasteiger partial charge in [-0.2, -0.15) is 0 Å². The van der Waals surface area contributed by atoms with E-state index in [1.807, 2.05) is 18.4 Å². The summed E-state index contributed by atoms with van der Waals surface area (Å²) in [6.45, 7) is 2.04. The van der Waals surface area contributed by atoms with Gasteiger partial charge in [0.1, 0.15) is 6.10 Å². The highest BCUT2D eigenvalue weighted by atomic mass is 32.1. The van der Waals surface area contributed by atoms with Crippen LogP contribution in [0.3, 0.4) is 0 Å². The van der Waals surface area contributed by atoms with Crippen LogP contribution in [-0.4, -0.2) is 10.1 Å². The zero-order chi connectivity index (χ0) is 9.26. The molecule has 2 nitrogen and oxygen atoms in total. The van der Waals surface area contributed by atoms with Crippen LogP contribution in [0.5, 0.6) is 0 Å². The third-order valence-corrected chi connectivity index (χ3v) is 3.50. The van der Waals surface area contributed by atoms with Gasteiger partial charge in [-0.3, -0.25) is 4.98 Å². The molecule has 1 N–H and O–H groups in total. The topological polar surface area (TPSA) is 33.1 Å². The monoisotopic (exact) mass is 211 g/mol. The summed E-state index contributed by atoms with van der Waals surface area (Å²) < 4.78 is 0. The maximum atomic E-state index is 9.87. The Balaban J connectivity index is 2.28. The van der Waals surface area contributed by atoms with Crippen molar-refractivity contribution in [3.05, 3.63) is 38.5 Å². The lowest BCUT2D eigenvalue weighted by Gasteiger charge is -2.03. The van der Waals surface area contributed by atoms with Gasteiger partial charge < -0.3 is 5.11 Å². The first kappa shape index (κ1) is 8.87. The fourth-order valence-electron chi connectivity index (χ4n) is 1.13. The Bertz CT molecular complexity index is 380. The summed E-state index contributed by atoms with van der Waals surface area (Å²) in [4.78, 5) is 6.06. The van der Waals surface area contributed by atoms with E-state index >= 15 is 0 Å². The van der Waals surface area contributed by atoms with Gasteiger partial charge in [-0.25, -0.2) is 0 Å². The quantitative estimate of drug-likeness (QED) is 0.828. The minimum atomic E-state index is -0.502. The molecule has 0 saturated carbocycles. The number of nitrogens with zero attached hydrogens (tertiary/aromatic N) is 1. The van der Waals surface area contributed by atoms with Crippen LogP contribution in [0.2, 0.25) is 0 Å². The summed E-state index contributed by atoms with van der Waals surface area (Å²) in [6.07, 6.45) is 1.21. The van der Waals surface area contributed by atoms with Gasteiger partial charge in [0.15, 0.2) is 0 Å². The molecular formula is C9H9NOS2. The van der Waals surface area contributed by atoms with Crippen LogP contribution in [-0.2, 0) is 0 Å². The first-order valence-corrected chi connectivity index (χ1v) is 5.65. The fraction of sp³-hybridized carbons (Fsp3) is 0.222. The van der Waals surface area contributed by atoms with Gasteiger partial charge in [0.25, 0.3) is 0 Å². The molecule has 1 unspecified atom stereocenters. The largest absolute Gasteiger partial charge is 0.383 e. The summed E-state index contributed by atoms with van der Waals surface area (Å²) in [5.74, 6) is 0. The standard InChI is InChI=1S/C9H9NOS2/c1-6-2-7(4-12-6)9(11)8-3-10-5-13-8/h2-5,9,11H,1H3. The maximum Gasteiger partial charge on any atom is 0.116 e. The number of thiazole rings is 1. The Morgan fingerprint density at radius 3 is 2.85 bits per heavy atom. The van der Waals surface area contributed by atoms with Gasteiger partial charge in [0.05, 0.1) is 10.4 Å². The van der Waals surface area contributed by atoms with E-state index in [0.717, 1.165) is 10.4 Å². The molecular weight excluding hydrogens is 202 g/mol. The van der Waals surface area contributed by atoms with Crippen molar-refractivity contribution in [2.75, 3.05) is 0 Å². The molecule has 0 radical (unpaired) electrons. The molecule has 2 aromatic rings.